The van der Waals surface area contributed by atoms with Gasteiger partial charge in [-0.25, -0.2) is 4.98 Å². The molecular formula is C12H14N2OS. The molecule has 84 valence electrons. The maximum Gasteiger partial charge on any atom is 0.138 e. The van der Waals surface area contributed by atoms with Crippen LogP contribution in [0.15, 0.2) is 47.6 Å². The van der Waals surface area contributed by atoms with E-state index in [2.05, 4.69) is 4.98 Å². The van der Waals surface area contributed by atoms with Gasteiger partial charge in [-0.05, 0) is 12.1 Å². The summed E-state index contributed by atoms with van der Waals surface area (Å²) in [6.07, 6.45) is 3.02. The van der Waals surface area contributed by atoms with Crippen molar-refractivity contribution in [2.45, 2.75) is 11.0 Å². The van der Waals surface area contributed by atoms with Gasteiger partial charge in [0, 0.05) is 30.1 Å². The molecule has 0 aliphatic rings. The minimum atomic E-state index is -0.523. The number of aryl methyl sites for hydroxylation is 1. The molecule has 1 atom stereocenters. The second-order valence-electron chi connectivity index (χ2n) is 3.54. The molecule has 1 N–H and O–H groups in total. The van der Waals surface area contributed by atoms with Crippen LogP contribution in [0, 0.1) is 0 Å². The number of hydrogen-bond acceptors (Lipinski definition) is 3. The molecule has 0 fully saturated rings. The Morgan fingerprint density at radius 3 is 2.75 bits per heavy atom. The molecule has 1 aromatic carbocycles. The van der Waals surface area contributed by atoms with E-state index in [1.807, 2.05) is 48.1 Å². The summed E-state index contributed by atoms with van der Waals surface area (Å²) in [5.74, 6) is 1.33. The molecule has 0 bridgehead atoms. The highest BCUT2D eigenvalue weighted by molar-refractivity contribution is 7.99. The summed E-state index contributed by atoms with van der Waals surface area (Å²) in [6, 6.07) is 10.1. The van der Waals surface area contributed by atoms with Gasteiger partial charge < -0.3 is 9.67 Å². The number of benzene rings is 1. The monoisotopic (exact) mass is 234 g/mol. The van der Waals surface area contributed by atoms with Crippen molar-refractivity contribution in [1.29, 1.82) is 0 Å². The number of rotatable bonds is 4. The number of hydrogen-bond donors (Lipinski definition) is 1. The Kier molecular flexibility index (Phi) is 3.64. The molecule has 0 saturated carbocycles. The van der Waals surface area contributed by atoms with Crippen LogP contribution in [-0.4, -0.2) is 20.4 Å². The van der Waals surface area contributed by atoms with E-state index in [0.717, 1.165) is 4.90 Å². The van der Waals surface area contributed by atoms with Crippen LogP contribution >= 0.6 is 11.8 Å². The van der Waals surface area contributed by atoms with Gasteiger partial charge >= 0.3 is 0 Å². The smallest absolute Gasteiger partial charge is 0.138 e. The molecule has 16 heavy (non-hydrogen) atoms. The van der Waals surface area contributed by atoms with Crippen LogP contribution in [0.25, 0.3) is 0 Å². The first kappa shape index (κ1) is 11.2. The lowest BCUT2D eigenvalue weighted by molar-refractivity contribution is 0.190. The SMILES string of the molecule is Cn1ccnc1C(O)CSc1ccccc1. The number of thioether (sulfide) groups is 1. The number of aliphatic hydroxyl groups is 1. The summed E-state index contributed by atoms with van der Waals surface area (Å²) in [5, 5.41) is 9.95. The minimum absolute atomic E-state index is 0.523. The Morgan fingerprint density at radius 2 is 2.12 bits per heavy atom. The van der Waals surface area contributed by atoms with Crippen LogP contribution in [0.5, 0.6) is 0 Å². The van der Waals surface area contributed by atoms with Gasteiger partial charge in [-0.15, -0.1) is 11.8 Å². The molecular weight excluding hydrogens is 220 g/mol. The van der Waals surface area contributed by atoms with E-state index in [-0.39, 0.29) is 0 Å². The van der Waals surface area contributed by atoms with Crippen LogP contribution in [0.2, 0.25) is 0 Å². The molecule has 1 unspecified atom stereocenters. The van der Waals surface area contributed by atoms with Gasteiger partial charge in [-0.2, -0.15) is 0 Å². The zero-order valence-electron chi connectivity index (χ0n) is 9.08. The zero-order valence-corrected chi connectivity index (χ0v) is 9.89. The summed E-state index contributed by atoms with van der Waals surface area (Å²) in [6.45, 7) is 0. The Balaban J connectivity index is 1.94. The summed E-state index contributed by atoms with van der Waals surface area (Å²) >= 11 is 1.63. The third-order valence-electron chi connectivity index (χ3n) is 2.31. The van der Waals surface area contributed by atoms with Crippen molar-refractivity contribution < 1.29 is 5.11 Å². The summed E-state index contributed by atoms with van der Waals surface area (Å²) in [5.41, 5.74) is 0. The summed E-state index contributed by atoms with van der Waals surface area (Å²) < 4.78 is 1.84. The van der Waals surface area contributed by atoms with E-state index in [1.165, 1.54) is 0 Å². The van der Waals surface area contributed by atoms with Crippen molar-refractivity contribution in [3.05, 3.63) is 48.5 Å². The molecule has 0 aliphatic heterocycles. The van der Waals surface area contributed by atoms with Crippen LogP contribution in [0.4, 0.5) is 0 Å². The molecule has 0 spiro atoms. The Labute approximate surface area is 99.1 Å². The van der Waals surface area contributed by atoms with Crippen LogP contribution in [0.1, 0.15) is 11.9 Å². The molecule has 1 aromatic heterocycles. The number of imidazole rings is 1. The van der Waals surface area contributed by atoms with Crippen LogP contribution in [0.3, 0.4) is 0 Å². The lowest BCUT2D eigenvalue weighted by Crippen LogP contribution is -2.07. The highest BCUT2D eigenvalue weighted by Gasteiger charge is 2.12. The van der Waals surface area contributed by atoms with E-state index in [0.29, 0.717) is 11.6 Å². The van der Waals surface area contributed by atoms with Crippen molar-refractivity contribution in [2.24, 2.45) is 7.05 Å². The van der Waals surface area contributed by atoms with Gasteiger partial charge in [0.25, 0.3) is 0 Å². The molecule has 2 aromatic rings. The fraction of sp³-hybridized carbons (Fsp3) is 0.250. The summed E-state index contributed by atoms with van der Waals surface area (Å²) in [7, 11) is 1.89. The van der Waals surface area contributed by atoms with Crippen molar-refractivity contribution >= 4 is 11.8 Å². The van der Waals surface area contributed by atoms with Crippen LogP contribution < -0.4 is 0 Å². The Morgan fingerprint density at radius 1 is 1.38 bits per heavy atom. The molecule has 0 radical (unpaired) electrons. The van der Waals surface area contributed by atoms with Gasteiger partial charge in [0.15, 0.2) is 0 Å². The standard InChI is InChI=1S/C12H14N2OS/c1-14-8-7-13-12(14)11(15)9-16-10-5-3-2-4-6-10/h2-8,11,15H,9H2,1H3. The van der Waals surface area contributed by atoms with Crippen molar-refractivity contribution in [2.75, 3.05) is 5.75 Å². The third kappa shape index (κ3) is 2.65. The zero-order chi connectivity index (χ0) is 11.4. The van der Waals surface area contributed by atoms with Gasteiger partial charge in [-0.3, -0.25) is 0 Å². The highest BCUT2D eigenvalue weighted by atomic mass is 32.2. The predicted octanol–water partition coefficient (Wildman–Crippen LogP) is 2.25. The molecule has 0 amide bonds. The molecule has 1 heterocycles. The Hall–Kier alpha value is -1.26. The third-order valence-corrected chi connectivity index (χ3v) is 3.40. The second-order valence-corrected chi connectivity index (χ2v) is 4.63. The van der Waals surface area contributed by atoms with E-state index in [1.54, 1.807) is 18.0 Å². The average Bonchev–Trinajstić information content (AvgIpc) is 2.74. The first-order valence-corrected chi connectivity index (χ1v) is 6.09. The first-order valence-electron chi connectivity index (χ1n) is 5.10. The molecule has 0 aliphatic carbocycles. The Bertz CT molecular complexity index is 441. The van der Waals surface area contributed by atoms with Crippen molar-refractivity contribution in [3.63, 3.8) is 0 Å². The normalized spacial score (nSPS) is 12.6. The topological polar surface area (TPSA) is 38.0 Å². The molecule has 3 nitrogen and oxygen atoms in total. The van der Waals surface area contributed by atoms with Gasteiger partial charge in [0.05, 0.1) is 0 Å². The van der Waals surface area contributed by atoms with E-state index < -0.39 is 6.10 Å². The van der Waals surface area contributed by atoms with Gasteiger partial charge in [0.2, 0.25) is 0 Å². The predicted molar refractivity (Wildman–Crippen MR) is 65.3 cm³/mol. The van der Waals surface area contributed by atoms with Gasteiger partial charge in [0.1, 0.15) is 11.9 Å². The fourth-order valence-corrected chi connectivity index (χ4v) is 2.31. The van der Waals surface area contributed by atoms with Gasteiger partial charge in [-0.1, -0.05) is 18.2 Å². The van der Waals surface area contributed by atoms with Crippen molar-refractivity contribution in [1.82, 2.24) is 9.55 Å². The van der Waals surface area contributed by atoms with Crippen LogP contribution in [-0.2, 0) is 7.05 Å². The van der Waals surface area contributed by atoms with E-state index in [4.69, 9.17) is 0 Å². The average molecular weight is 234 g/mol. The minimum Gasteiger partial charge on any atom is -0.384 e. The first-order chi connectivity index (χ1) is 7.77. The maximum absolute atomic E-state index is 9.95. The second kappa shape index (κ2) is 5.18. The lowest BCUT2D eigenvalue weighted by atomic mass is 10.4. The van der Waals surface area contributed by atoms with Crippen molar-refractivity contribution in [3.8, 4) is 0 Å². The van der Waals surface area contributed by atoms with E-state index >= 15 is 0 Å². The number of aromatic nitrogens is 2. The highest BCUT2D eigenvalue weighted by Crippen LogP contribution is 2.23. The molecule has 0 saturated heterocycles. The number of nitrogens with zero attached hydrogens (tertiary/aromatic N) is 2. The number of aliphatic hydroxyl groups excluding tert-OH is 1. The van der Waals surface area contributed by atoms with E-state index in [9.17, 15) is 5.11 Å². The molecule has 2 rings (SSSR count). The fourth-order valence-electron chi connectivity index (χ4n) is 1.46. The maximum atomic E-state index is 9.95. The summed E-state index contributed by atoms with van der Waals surface area (Å²) in [4.78, 5) is 5.29. The molecule has 4 heteroatoms. The largest absolute Gasteiger partial charge is 0.384 e. The quantitative estimate of drug-likeness (QED) is 0.824. The lowest BCUT2D eigenvalue weighted by Gasteiger charge is -2.09.